The molecule has 0 amide bonds. The molecule has 0 saturated carbocycles. The maximum absolute atomic E-state index is 13.7. The second-order valence-corrected chi connectivity index (χ2v) is 9.22. The summed E-state index contributed by atoms with van der Waals surface area (Å²) in [5, 5.41) is 3.40. The summed E-state index contributed by atoms with van der Waals surface area (Å²) >= 11 is 0. The smallest absolute Gasteiger partial charge is 0.344 e. The zero-order valence-corrected chi connectivity index (χ0v) is 21.5. The highest BCUT2D eigenvalue weighted by Crippen LogP contribution is 2.32. The lowest BCUT2D eigenvalue weighted by Crippen LogP contribution is -2.11. The fraction of sp³-hybridized carbons (Fsp3) is 0. The van der Waals surface area contributed by atoms with Gasteiger partial charge in [-0.15, -0.1) is 0 Å². The minimum atomic E-state index is -0.551. The number of rotatable bonds is 6. The molecule has 0 unspecified atom stereocenters. The zero-order valence-electron chi connectivity index (χ0n) is 21.5. The normalized spacial score (nSPS) is 11.6. The van der Waals surface area contributed by atoms with Crippen molar-refractivity contribution in [1.29, 1.82) is 0 Å². The second kappa shape index (κ2) is 11.1. The number of fused-ring (bicyclic) bond motifs is 2. The van der Waals surface area contributed by atoms with Gasteiger partial charge >= 0.3 is 11.9 Å². The van der Waals surface area contributed by atoms with E-state index in [-0.39, 0.29) is 11.5 Å². The molecule has 0 aliphatic heterocycles. The molecule has 6 rings (SSSR count). The van der Waals surface area contributed by atoms with Gasteiger partial charge in [0, 0.05) is 11.1 Å². The number of ether oxygens (including phenoxy) is 2. The van der Waals surface area contributed by atoms with E-state index in [1.54, 1.807) is 12.1 Å². The van der Waals surface area contributed by atoms with E-state index < -0.39 is 11.9 Å². The van der Waals surface area contributed by atoms with Crippen molar-refractivity contribution >= 4 is 45.0 Å². The maximum Gasteiger partial charge on any atom is 0.344 e. The van der Waals surface area contributed by atoms with Gasteiger partial charge < -0.3 is 9.47 Å². The van der Waals surface area contributed by atoms with E-state index >= 15 is 0 Å². The molecule has 0 N–H and O–H groups in total. The van der Waals surface area contributed by atoms with Gasteiger partial charge in [0.1, 0.15) is 0 Å². The highest BCUT2D eigenvalue weighted by molar-refractivity contribution is 6.09. The van der Waals surface area contributed by atoms with Crippen LogP contribution < -0.4 is 0 Å². The molecule has 0 atom stereocenters. The summed E-state index contributed by atoms with van der Waals surface area (Å²) in [4.78, 5) is 27.4. The lowest BCUT2D eigenvalue weighted by Gasteiger charge is -2.17. The third kappa shape index (κ3) is 4.98. The molecule has 192 valence electrons. The Kier molecular flexibility index (Phi) is 6.89. The summed E-state index contributed by atoms with van der Waals surface area (Å²) in [6, 6.07) is 44.7. The van der Waals surface area contributed by atoms with Crippen LogP contribution in [0, 0.1) is 0 Å². The van der Waals surface area contributed by atoms with Gasteiger partial charge in [-0.1, -0.05) is 133 Å². The molecule has 0 aliphatic rings. The summed E-state index contributed by atoms with van der Waals surface area (Å²) in [6.45, 7) is 0. The topological polar surface area (TPSA) is 52.6 Å². The van der Waals surface area contributed by atoms with Crippen LogP contribution in [0.3, 0.4) is 0 Å². The Morgan fingerprint density at radius 2 is 0.725 bits per heavy atom. The van der Waals surface area contributed by atoms with Crippen LogP contribution in [-0.2, 0) is 9.47 Å². The molecule has 4 heteroatoms. The Morgan fingerprint density at radius 1 is 0.375 bits per heavy atom. The van der Waals surface area contributed by atoms with Crippen molar-refractivity contribution in [2.75, 3.05) is 0 Å². The number of hydrogen-bond acceptors (Lipinski definition) is 4. The van der Waals surface area contributed by atoms with Gasteiger partial charge in [0.25, 0.3) is 0 Å². The van der Waals surface area contributed by atoms with Crippen LogP contribution in [-0.4, -0.2) is 11.9 Å². The van der Waals surface area contributed by atoms with Crippen LogP contribution in [0.15, 0.2) is 146 Å². The minimum absolute atomic E-state index is 0.151. The standard InChI is InChI=1S/C36H24O4/c37-35(31-23-11-19-25-13-7-9-21-29(25)31)39-33(27-15-3-1-4-16-27)34(28-17-5-2-6-18-28)40-36(38)32-24-12-20-26-14-8-10-22-30(26)32/h1-24H/b34-33+. The van der Waals surface area contributed by atoms with Gasteiger partial charge in [-0.3, -0.25) is 0 Å². The van der Waals surface area contributed by atoms with E-state index in [0.717, 1.165) is 21.5 Å². The Bertz CT molecular complexity index is 1720. The predicted molar refractivity (Wildman–Crippen MR) is 158 cm³/mol. The number of esters is 2. The van der Waals surface area contributed by atoms with Crippen molar-refractivity contribution in [3.05, 3.63) is 168 Å². The highest BCUT2D eigenvalue weighted by atomic mass is 16.6. The number of benzene rings is 6. The molecule has 0 heterocycles. The van der Waals surface area contributed by atoms with Gasteiger partial charge in [-0.05, 0) is 33.7 Å². The van der Waals surface area contributed by atoms with Gasteiger partial charge in [0.2, 0.25) is 0 Å². The van der Waals surface area contributed by atoms with Gasteiger partial charge in [0.15, 0.2) is 11.5 Å². The quantitative estimate of drug-likeness (QED) is 0.125. The first kappa shape index (κ1) is 24.8. The van der Waals surface area contributed by atoms with Crippen molar-refractivity contribution in [3.63, 3.8) is 0 Å². The van der Waals surface area contributed by atoms with Gasteiger partial charge in [-0.2, -0.15) is 0 Å². The monoisotopic (exact) mass is 520 g/mol. The van der Waals surface area contributed by atoms with Crippen molar-refractivity contribution in [3.8, 4) is 0 Å². The van der Waals surface area contributed by atoms with Gasteiger partial charge in [0.05, 0.1) is 11.1 Å². The summed E-state index contributed by atoms with van der Waals surface area (Å²) in [7, 11) is 0. The Labute approximate surface area is 231 Å². The van der Waals surface area contributed by atoms with Crippen LogP contribution in [0.5, 0.6) is 0 Å². The Morgan fingerprint density at radius 3 is 1.15 bits per heavy atom. The molecule has 0 aromatic heterocycles. The minimum Gasteiger partial charge on any atom is -0.418 e. The summed E-state index contributed by atoms with van der Waals surface area (Å²) in [5.74, 6) is -0.799. The van der Waals surface area contributed by atoms with Crippen molar-refractivity contribution in [2.24, 2.45) is 0 Å². The molecule has 0 fully saturated rings. The molecular formula is C36H24O4. The molecule has 0 aliphatic carbocycles. The summed E-state index contributed by atoms with van der Waals surface area (Å²) < 4.78 is 12.3. The number of carbonyl (C=O) groups is 2. The van der Waals surface area contributed by atoms with E-state index in [4.69, 9.17) is 9.47 Å². The molecular weight excluding hydrogens is 496 g/mol. The lowest BCUT2D eigenvalue weighted by molar-refractivity contribution is 0.0649. The van der Waals surface area contributed by atoms with Crippen LogP contribution in [0.2, 0.25) is 0 Å². The molecule has 4 nitrogen and oxygen atoms in total. The fourth-order valence-corrected chi connectivity index (χ4v) is 4.75. The first-order valence-electron chi connectivity index (χ1n) is 12.9. The van der Waals surface area contributed by atoms with Gasteiger partial charge in [-0.25, -0.2) is 9.59 Å². The third-order valence-corrected chi connectivity index (χ3v) is 6.69. The molecule has 40 heavy (non-hydrogen) atoms. The van der Waals surface area contributed by atoms with Crippen molar-refractivity contribution in [1.82, 2.24) is 0 Å². The zero-order chi connectivity index (χ0) is 27.3. The van der Waals surface area contributed by atoms with E-state index in [9.17, 15) is 9.59 Å². The van der Waals surface area contributed by atoms with Crippen LogP contribution in [0.1, 0.15) is 31.8 Å². The van der Waals surface area contributed by atoms with E-state index in [1.807, 2.05) is 133 Å². The van der Waals surface area contributed by atoms with E-state index in [2.05, 4.69) is 0 Å². The second-order valence-electron chi connectivity index (χ2n) is 9.22. The summed E-state index contributed by atoms with van der Waals surface area (Å²) in [5.41, 5.74) is 2.03. The Balaban J connectivity index is 1.50. The number of carbonyl (C=O) groups excluding carboxylic acids is 2. The van der Waals surface area contributed by atoms with Crippen LogP contribution in [0.25, 0.3) is 33.1 Å². The average Bonchev–Trinajstić information content (AvgIpc) is 3.02. The molecule has 0 saturated heterocycles. The molecule has 6 aromatic carbocycles. The predicted octanol–water partition coefficient (Wildman–Crippen LogP) is 8.53. The largest absolute Gasteiger partial charge is 0.418 e. The van der Waals surface area contributed by atoms with E-state index in [0.29, 0.717) is 22.3 Å². The third-order valence-electron chi connectivity index (χ3n) is 6.69. The van der Waals surface area contributed by atoms with Crippen molar-refractivity contribution in [2.45, 2.75) is 0 Å². The fourth-order valence-electron chi connectivity index (χ4n) is 4.75. The first-order chi connectivity index (χ1) is 19.7. The highest BCUT2D eigenvalue weighted by Gasteiger charge is 2.24. The SMILES string of the molecule is O=C(O/C(=C(/OC(=O)c1cccc2ccccc12)c1ccccc1)c1ccccc1)c1cccc2ccccc12. The summed E-state index contributed by atoms with van der Waals surface area (Å²) in [6.07, 6.45) is 0. The number of hydrogen-bond donors (Lipinski definition) is 0. The molecule has 0 spiro atoms. The van der Waals surface area contributed by atoms with Crippen LogP contribution in [0.4, 0.5) is 0 Å². The molecule has 0 bridgehead atoms. The van der Waals surface area contributed by atoms with Crippen molar-refractivity contribution < 1.29 is 19.1 Å². The van der Waals surface area contributed by atoms with E-state index in [1.165, 1.54) is 0 Å². The maximum atomic E-state index is 13.7. The molecule has 6 aromatic rings. The van der Waals surface area contributed by atoms with Crippen LogP contribution >= 0.6 is 0 Å². The lowest BCUT2D eigenvalue weighted by atomic mass is 10.0. The average molecular weight is 521 g/mol. The Hall–Kier alpha value is -5.48. The first-order valence-corrected chi connectivity index (χ1v) is 12.9. The molecule has 0 radical (unpaired) electrons.